The summed E-state index contributed by atoms with van der Waals surface area (Å²) in [5, 5.41) is 3.37. The number of rotatable bonds is 15. The number of carbonyl (C=O) groups excluding carboxylic acids is 2. The number of hydrogen-bond donors (Lipinski definition) is 1. The Balaban J connectivity index is 2.31. The number of hydrogen-bond acceptors (Lipinski definition) is 4. The Hall–Kier alpha value is -2.57. The first kappa shape index (κ1) is 26.7. The third-order valence-electron chi connectivity index (χ3n) is 5.90. The summed E-state index contributed by atoms with van der Waals surface area (Å²) in [7, 11) is 1.76. The van der Waals surface area contributed by atoms with Crippen LogP contribution >= 0.6 is 0 Å². The summed E-state index contributed by atoms with van der Waals surface area (Å²) in [6, 6.07) is 5.86. The van der Waals surface area contributed by atoms with Gasteiger partial charge in [-0.3, -0.25) is 9.59 Å². The minimum atomic E-state index is 0.101. The molecule has 7 heteroatoms. The third-order valence-corrected chi connectivity index (χ3v) is 5.90. The van der Waals surface area contributed by atoms with Crippen LogP contribution in [-0.2, 0) is 11.3 Å². The Morgan fingerprint density at radius 2 is 1.79 bits per heavy atom. The molecule has 1 aromatic carbocycles. The van der Waals surface area contributed by atoms with Crippen molar-refractivity contribution in [1.29, 1.82) is 0 Å². The number of aryl methyl sites for hydroxylation is 1. The molecule has 1 heterocycles. The van der Waals surface area contributed by atoms with E-state index in [1.165, 1.54) is 0 Å². The van der Waals surface area contributed by atoms with Crippen LogP contribution in [0.1, 0.15) is 70.7 Å². The maximum atomic E-state index is 13.5. The van der Waals surface area contributed by atoms with E-state index in [9.17, 15) is 9.59 Å². The van der Waals surface area contributed by atoms with Gasteiger partial charge in [-0.2, -0.15) is 0 Å². The number of fused-ring (bicyclic) bond motifs is 1. The minimum Gasteiger partial charge on any atom is -0.354 e. The molecule has 0 unspecified atom stereocenters. The Bertz CT molecular complexity index is 878. The van der Waals surface area contributed by atoms with E-state index in [1.807, 2.05) is 23.1 Å². The fraction of sp³-hybridized carbons (Fsp3) is 0.654. The Labute approximate surface area is 199 Å². The lowest BCUT2D eigenvalue weighted by Gasteiger charge is -2.24. The van der Waals surface area contributed by atoms with E-state index in [1.54, 1.807) is 11.9 Å². The van der Waals surface area contributed by atoms with Gasteiger partial charge in [0.2, 0.25) is 12.4 Å². The number of likely N-dealkylation sites (N-methyl/N-ethyl adjacent to an activating group) is 1. The number of aromatic nitrogens is 2. The molecule has 0 radical (unpaired) electrons. The molecule has 1 N–H and O–H groups in total. The summed E-state index contributed by atoms with van der Waals surface area (Å²) >= 11 is 0. The van der Waals surface area contributed by atoms with Crippen LogP contribution in [0.15, 0.2) is 18.2 Å². The van der Waals surface area contributed by atoms with E-state index in [2.05, 4.69) is 44.5 Å². The summed E-state index contributed by atoms with van der Waals surface area (Å²) in [6.07, 6.45) is 4.93. The highest BCUT2D eigenvalue weighted by atomic mass is 16.2. The smallest absolute Gasteiger partial charge is 0.253 e. The van der Waals surface area contributed by atoms with E-state index in [0.717, 1.165) is 74.3 Å². The topological polar surface area (TPSA) is 70.5 Å². The minimum absolute atomic E-state index is 0.101. The van der Waals surface area contributed by atoms with Crippen molar-refractivity contribution in [2.45, 2.75) is 66.8 Å². The van der Waals surface area contributed by atoms with Crippen LogP contribution in [0.2, 0.25) is 0 Å². The molecule has 0 bridgehead atoms. The number of nitrogens with zero attached hydrogens (tertiary/aromatic N) is 4. The predicted octanol–water partition coefficient (Wildman–Crippen LogP) is 4.87. The van der Waals surface area contributed by atoms with Gasteiger partial charge in [0.1, 0.15) is 0 Å². The number of benzene rings is 1. The molecule has 2 amide bonds. The molecule has 0 aliphatic rings. The standard InChI is InChI=1S/C26H43N5O2/c1-7-8-14-31-24-18-22(25(33)30(15-11-20(2)3)16-12-21(4)5)9-10-23(24)28-26(31)27-13-17-29(6)19-32/h9-10,18-21H,7-8,11-17H2,1-6H3,(H,27,28). The van der Waals surface area contributed by atoms with Crippen LogP contribution in [0, 0.1) is 11.8 Å². The van der Waals surface area contributed by atoms with E-state index in [4.69, 9.17) is 4.98 Å². The van der Waals surface area contributed by atoms with Crippen LogP contribution in [-0.4, -0.2) is 64.9 Å². The Kier molecular flexibility index (Phi) is 10.7. The van der Waals surface area contributed by atoms with Gasteiger partial charge < -0.3 is 19.7 Å². The van der Waals surface area contributed by atoms with Crippen molar-refractivity contribution in [2.24, 2.45) is 11.8 Å². The molecule has 7 nitrogen and oxygen atoms in total. The Morgan fingerprint density at radius 1 is 1.12 bits per heavy atom. The zero-order chi connectivity index (χ0) is 24.4. The monoisotopic (exact) mass is 457 g/mol. The molecule has 0 aliphatic carbocycles. The summed E-state index contributed by atoms with van der Waals surface area (Å²) in [5.74, 6) is 2.01. The van der Waals surface area contributed by atoms with Gasteiger partial charge in [-0.15, -0.1) is 0 Å². The van der Waals surface area contributed by atoms with E-state index < -0.39 is 0 Å². The van der Waals surface area contributed by atoms with Gasteiger partial charge in [0.05, 0.1) is 11.0 Å². The van der Waals surface area contributed by atoms with Crippen molar-refractivity contribution < 1.29 is 9.59 Å². The Morgan fingerprint density at radius 3 is 2.36 bits per heavy atom. The lowest BCUT2D eigenvalue weighted by atomic mass is 10.1. The highest BCUT2D eigenvalue weighted by molar-refractivity contribution is 5.97. The summed E-state index contributed by atoms with van der Waals surface area (Å²) in [6.45, 7) is 14.6. The van der Waals surface area contributed by atoms with Crippen molar-refractivity contribution in [3.8, 4) is 0 Å². The second-order valence-electron chi connectivity index (χ2n) is 9.81. The summed E-state index contributed by atoms with van der Waals surface area (Å²) < 4.78 is 2.17. The SMILES string of the molecule is CCCCn1c(NCCN(C)C=O)nc2ccc(C(=O)N(CCC(C)C)CCC(C)C)cc21. The number of carbonyl (C=O) groups is 2. The normalized spacial score (nSPS) is 11.4. The first-order valence-corrected chi connectivity index (χ1v) is 12.5. The highest BCUT2D eigenvalue weighted by Gasteiger charge is 2.19. The van der Waals surface area contributed by atoms with Crippen LogP contribution in [0.3, 0.4) is 0 Å². The molecule has 0 atom stereocenters. The first-order chi connectivity index (χ1) is 15.8. The largest absolute Gasteiger partial charge is 0.354 e. The van der Waals surface area contributed by atoms with E-state index in [-0.39, 0.29) is 5.91 Å². The average Bonchev–Trinajstić information content (AvgIpc) is 3.13. The van der Waals surface area contributed by atoms with Gasteiger partial charge in [0.25, 0.3) is 5.91 Å². The van der Waals surface area contributed by atoms with Gasteiger partial charge in [-0.25, -0.2) is 4.98 Å². The fourth-order valence-electron chi connectivity index (χ4n) is 3.66. The van der Waals surface area contributed by atoms with Crippen LogP contribution in [0.4, 0.5) is 5.95 Å². The molecule has 2 aromatic rings. The van der Waals surface area contributed by atoms with Crippen LogP contribution < -0.4 is 5.32 Å². The maximum absolute atomic E-state index is 13.5. The predicted molar refractivity (Wildman–Crippen MR) is 137 cm³/mol. The van der Waals surface area contributed by atoms with Gasteiger partial charge in [0, 0.05) is 45.3 Å². The molecule has 0 saturated carbocycles. The third kappa shape index (κ3) is 8.06. The molecule has 0 spiro atoms. The van der Waals surface area contributed by atoms with Crippen molar-refractivity contribution in [2.75, 3.05) is 38.5 Å². The number of anilines is 1. The number of unbranched alkanes of at least 4 members (excludes halogenated alkanes) is 1. The lowest BCUT2D eigenvalue weighted by molar-refractivity contribution is -0.116. The molecule has 0 aliphatic heterocycles. The van der Waals surface area contributed by atoms with Crippen molar-refractivity contribution >= 4 is 29.3 Å². The van der Waals surface area contributed by atoms with Gasteiger partial charge in [-0.05, 0) is 49.3 Å². The molecule has 0 saturated heterocycles. The summed E-state index contributed by atoms with van der Waals surface area (Å²) in [4.78, 5) is 32.7. The first-order valence-electron chi connectivity index (χ1n) is 12.5. The number of amides is 2. The second-order valence-corrected chi connectivity index (χ2v) is 9.81. The molecule has 184 valence electrons. The molecular weight excluding hydrogens is 414 g/mol. The molecule has 1 aromatic heterocycles. The van der Waals surface area contributed by atoms with Crippen molar-refractivity contribution in [3.63, 3.8) is 0 Å². The van der Waals surface area contributed by atoms with Gasteiger partial charge in [-0.1, -0.05) is 41.0 Å². The zero-order valence-corrected chi connectivity index (χ0v) is 21.4. The van der Waals surface area contributed by atoms with E-state index in [0.29, 0.717) is 24.9 Å². The second kappa shape index (κ2) is 13.2. The number of imidazole rings is 1. The van der Waals surface area contributed by atoms with Crippen molar-refractivity contribution in [1.82, 2.24) is 19.4 Å². The highest BCUT2D eigenvalue weighted by Crippen LogP contribution is 2.23. The lowest BCUT2D eigenvalue weighted by Crippen LogP contribution is -2.34. The van der Waals surface area contributed by atoms with Gasteiger partial charge >= 0.3 is 0 Å². The molecule has 33 heavy (non-hydrogen) atoms. The van der Waals surface area contributed by atoms with Crippen LogP contribution in [0.25, 0.3) is 11.0 Å². The maximum Gasteiger partial charge on any atom is 0.253 e. The zero-order valence-electron chi connectivity index (χ0n) is 21.4. The molecule has 2 rings (SSSR count). The van der Waals surface area contributed by atoms with Gasteiger partial charge in [0.15, 0.2) is 0 Å². The molecule has 0 fully saturated rings. The molecular formula is C26H43N5O2. The number of nitrogens with one attached hydrogen (secondary N) is 1. The van der Waals surface area contributed by atoms with E-state index >= 15 is 0 Å². The van der Waals surface area contributed by atoms with Crippen LogP contribution in [0.5, 0.6) is 0 Å². The average molecular weight is 458 g/mol. The summed E-state index contributed by atoms with van der Waals surface area (Å²) in [5.41, 5.74) is 2.58. The quantitative estimate of drug-likeness (QED) is 0.387. The van der Waals surface area contributed by atoms with Crippen molar-refractivity contribution in [3.05, 3.63) is 23.8 Å². The fourth-order valence-corrected chi connectivity index (χ4v) is 3.66.